The Hall–Kier alpha value is -2.17. The number of carbonyl (C=O) groups excluding carboxylic acids is 1. The standard InChI is InChI=1S/C24H35N5O4S/c1-15-13-28(34(4,31)32)14-16(2)29(15)24-26-22-20(9-6-10-21(22)33-24)23(30)25-17-11-18-7-5-8-19(12-17)27(18)3/h6,9-10,15-19H,5,7-8,11-14H2,1-4H3,(H,25,30)/t15-,16-,17?,18?,19?/m0/s1. The van der Waals surface area contributed by atoms with Crippen LogP contribution in [0.15, 0.2) is 22.6 Å². The van der Waals surface area contributed by atoms with Gasteiger partial charge in [0, 0.05) is 43.3 Å². The maximum atomic E-state index is 13.3. The lowest BCUT2D eigenvalue weighted by Crippen LogP contribution is -2.58. The molecule has 3 aliphatic rings. The molecule has 4 heterocycles. The third-order valence-corrected chi connectivity index (χ3v) is 9.14. The minimum Gasteiger partial charge on any atom is -0.423 e. The van der Waals surface area contributed by atoms with Gasteiger partial charge in [0.2, 0.25) is 10.0 Å². The second-order valence-electron chi connectivity index (χ2n) is 10.4. The van der Waals surface area contributed by atoms with Crippen LogP contribution in [-0.4, -0.2) is 85.1 Å². The molecule has 2 aromatic rings. The Morgan fingerprint density at radius 2 is 1.76 bits per heavy atom. The highest BCUT2D eigenvalue weighted by Gasteiger charge is 2.38. The molecule has 186 valence electrons. The molecule has 10 heteroatoms. The number of para-hydroxylation sites is 1. The summed E-state index contributed by atoms with van der Waals surface area (Å²) >= 11 is 0. The Bertz CT molecular complexity index is 1160. The number of rotatable bonds is 4. The number of aromatic nitrogens is 1. The first-order chi connectivity index (χ1) is 16.1. The van der Waals surface area contributed by atoms with Crippen molar-refractivity contribution in [3.8, 4) is 0 Å². The average Bonchev–Trinajstić information content (AvgIpc) is 3.17. The minimum absolute atomic E-state index is 0.109. The number of hydrogen-bond donors (Lipinski definition) is 1. The highest BCUT2D eigenvalue weighted by Crippen LogP contribution is 2.33. The first-order valence-electron chi connectivity index (χ1n) is 12.3. The molecule has 34 heavy (non-hydrogen) atoms. The number of oxazole rings is 1. The number of piperazine rings is 1. The number of fused-ring (bicyclic) bond motifs is 3. The van der Waals surface area contributed by atoms with E-state index in [2.05, 4.69) is 17.3 Å². The van der Waals surface area contributed by atoms with E-state index >= 15 is 0 Å². The molecular formula is C24H35N5O4S. The van der Waals surface area contributed by atoms with E-state index in [0.29, 0.717) is 47.9 Å². The van der Waals surface area contributed by atoms with E-state index in [-0.39, 0.29) is 24.0 Å². The zero-order chi connectivity index (χ0) is 24.2. The van der Waals surface area contributed by atoms with Crippen LogP contribution < -0.4 is 10.2 Å². The second-order valence-corrected chi connectivity index (χ2v) is 12.4. The van der Waals surface area contributed by atoms with Crippen LogP contribution in [0.4, 0.5) is 6.01 Å². The minimum atomic E-state index is -3.26. The summed E-state index contributed by atoms with van der Waals surface area (Å²) in [6.07, 6.45) is 6.88. The number of amides is 1. The van der Waals surface area contributed by atoms with Crippen molar-refractivity contribution < 1.29 is 17.6 Å². The maximum Gasteiger partial charge on any atom is 0.298 e. The molecule has 3 fully saturated rings. The van der Waals surface area contributed by atoms with Gasteiger partial charge in [-0.1, -0.05) is 12.5 Å². The van der Waals surface area contributed by atoms with Gasteiger partial charge in [-0.25, -0.2) is 8.42 Å². The van der Waals surface area contributed by atoms with Gasteiger partial charge >= 0.3 is 0 Å². The third kappa shape index (κ3) is 4.31. The second kappa shape index (κ2) is 8.80. The molecule has 1 aromatic heterocycles. The molecule has 0 aliphatic carbocycles. The zero-order valence-corrected chi connectivity index (χ0v) is 21.2. The summed E-state index contributed by atoms with van der Waals surface area (Å²) in [6.45, 7) is 4.67. The number of anilines is 1. The fraction of sp³-hybridized carbons (Fsp3) is 0.667. The van der Waals surface area contributed by atoms with E-state index in [1.807, 2.05) is 30.9 Å². The molecule has 1 N–H and O–H groups in total. The average molecular weight is 490 g/mol. The van der Waals surface area contributed by atoms with Gasteiger partial charge in [0.15, 0.2) is 5.58 Å². The quantitative estimate of drug-likeness (QED) is 0.704. The molecule has 9 nitrogen and oxygen atoms in total. The number of benzene rings is 1. The van der Waals surface area contributed by atoms with Gasteiger partial charge in [0.05, 0.1) is 11.8 Å². The predicted octanol–water partition coefficient (Wildman–Crippen LogP) is 2.43. The molecule has 0 saturated carbocycles. The molecule has 0 radical (unpaired) electrons. The SMILES string of the molecule is C[C@H]1CN(S(C)(=O)=O)C[C@H](C)N1c1nc2c(C(=O)NC3CC4CCCC(C3)N4C)cccc2o1. The van der Waals surface area contributed by atoms with E-state index in [4.69, 9.17) is 9.40 Å². The monoisotopic (exact) mass is 489 g/mol. The molecular weight excluding hydrogens is 454 g/mol. The lowest BCUT2D eigenvalue weighted by molar-refractivity contribution is 0.0463. The Balaban J connectivity index is 1.36. The molecule has 4 atom stereocenters. The van der Waals surface area contributed by atoms with Crippen molar-refractivity contribution in [2.75, 3.05) is 31.3 Å². The van der Waals surface area contributed by atoms with E-state index in [1.54, 1.807) is 6.07 Å². The van der Waals surface area contributed by atoms with Crippen molar-refractivity contribution in [2.45, 2.75) is 76.2 Å². The summed E-state index contributed by atoms with van der Waals surface area (Å²) in [6, 6.07) is 6.91. The first-order valence-corrected chi connectivity index (χ1v) is 14.1. The van der Waals surface area contributed by atoms with Gasteiger partial charge < -0.3 is 19.5 Å². The van der Waals surface area contributed by atoms with Crippen molar-refractivity contribution in [3.05, 3.63) is 23.8 Å². The molecule has 1 amide bonds. The van der Waals surface area contributed by atoms with E-state index in [9.17, 15) is 13.2 Å². The highest BCUT2D eigenvalue weighted by molar-refractivity contribution is 7.88. The van der Waals surface area contributed by atoms with Crippen molar-refractivity contribution in [2.24, 2.45) is 0 Å². The normalized spacial score (nSPS) is 31.1. The van der Waals surface area contributed by atoms with Crippen molar-refractivity contribution in [1.29, 1.82) is 0 Å². The van der Waals surface area contributed by atoms with Crippen LogP contribution in [0, 0.1) is 0 Å². The van der Waals surface area contributed by atoms with Crippen LogP contribution in [0.25, 0.3) is 11.1 Å². The van der Waals surface area contributed by atoms with Crippen molar-refractivity contribution in [1.82, 2.24) is 19.5 Å². The molecule has 2 bridgehead atoms. The van der Waals surface area contributed by atoms with E-state index < -0.39 is 10.0 Å². The summed E-state index contributed by atoms with van der Waals surface area (Å²) in [7, 11) is -1.05. The highest BCUT2D eigenvalue weighted by atomic mass is 32.2. The Morgan fingerprint density at radius 1 is 1.12 bits per heavy atom. The van der Waals surface area contributed by atoms with Crippen LogP contribution in [0.5, 0.6) is 0 Å². The number of hydrogen-bond acceptors (Lipinski definition) is 7. The Morgan fingerprint density at radius 3 is 2.38 bits per heavy atom. The molecule has 2 unspecified atom stereocenters. The molecule has 1 aromatic carbocycles. The Kier molecular flexibility index (Phi) is 6.10. The molecule has 3 saturated heterocycles. The Labute approximate surface area is 201 Å². The van der Waals surface area contributed by atoms with Gasteiger partial charge in [-0.3, -0.25) is 4.79 Å². The smallest absolute Gasteiger partial charge is 0.298 e. The van der Waals surface area contributed by atoms with Crippen LogP contribution in [0.1, 0.15) is 56.3 Å². The van der Waals surface area contributed by atoms with Crippen LogP contribution in [0.2, 0.25) is 0 Å². The number of carbonyl (C=O) groups is 1. The molecule has 5 rings (SSSR count). The summed E-state index contributed by atoms with van der Waals surface area (Å²) in [4.78, 5) is 22.5. The van der Waals surface area contributed by atoms with Crippen molar-refractivity contribution >= 4 is 33.0 Å². The van der Waals surface area contributed by atoms with Gasteiger partial charge in [-0.05, 0) is 58.7 Å². The first kappa shape index (κ1) is 23.6. The lowest BCUT2D eigenvalue weighted by atomic mass is 9.82. The fourth-order valence-corrected chi connectivity index (χ4v) is 7.12. The number of nitrogens with zero attached hydrogens (tertiary/aromatic N) is 4. The van der Waals surface area contributed by atoms with Gasteiger partial charge in [-0.15, -0.1) is 0 Å². The van der Waals surface area contributed by atoms with Gasteiger partial charge in [0.1, 0.15) is 5.52 Å². The molecule has 3 aliphatic heterocycles. The zero-order valence-electron chi connectivity index (χ0n) is 20.4. The van der Waals surface area contributed by atoms with Crippen LogP contribution in [-0.2, 0) is 10.0 Å². The number of sulfonamides is 1. The van der Waals surface area contributed by atoms with Crippen molar-refractivity contribution in [3.63, 3.8) is 0 Å². The maximum absolute atomic E-state index is 13.3. The summed E-state index contributed by atoms with van der Waals surface area (Å²) in [5.41, 5.74) is 1.63. The summed E-state index contributed by atoms with van der Waals surface area (Å²) in [5.74, 6) is -0.110. The molecule has 0 spiro atoms. The lowest BCUT2D eigenvalue weighted by Gasteiger charge is -2.47. The van der Waals surface area contributed by atoms with E-state index in [0.717, 1.165) is 12.8 Å². The van der Waals surface area contributed by atoms with Crippen LogP contribution in [0.3, 0.4) is 0 Å². The van der Waals surface area contributed by atoms with E-state index in [1.165, 1.54) is 29.8 Å². The largest absolute Gasteiger partial charge is 0.423 e. The van der Waals surface area contributed by atoms with Gasteiger partial charge in [-0.2, -0.15) is 9.29 Å². The third-order valence-electron chi connectivity index (χ3n) is 7.90. The summed E-state index contributed by atoms with van der Waals surface area (Å²) < 4.78 is 31.7. The summed E-state index contributed by atoms with van der Waals surface area (Å²) in [5, 5.41) is 3.27. The number of nitrogens with one attached hydrogen (secondary N) is 1. The van der Waals surface area contributed by atoms with Crippen LogP contribution >= 0.6 is 0 Å². The topological polar surface area (TPSA) is 99.0 Å². The fourth-order valence-electron chi connectivity index (χ4n) is 6.15. The number of piperidine rings is 2. The van der Waals surface area contributed by atoms with Gasteiger partial charge in [0.25, 0.3) is 11.9 Å². The predicted molar refractivity (Wildman–Crippen MR) is 132 cm³/mol.